The first-order valence-corrected chi connectivity index (χ1v) is 4.62. The van der Waals surface area contributed by atoms with Gasteiger partial charge in [0.15, 0.2) is 0 Å². The number of hydrogen-bond donors (Lipinski definition) is 2. The molecule has 1 heterocycles. The van der Waals surface area contributed by atoms with Crippen LogP contribution in [0.2, 0.25) is 0 Å². The van der Waals surface area contributed by atoms with Crippen molar-refractivity contribution in [1.82, 2.24) is 5.43 Å². The van der Waals surface area contributed by atoms with Gasteiger partial charge in [0, 0.05) is 9.35 Å². The van der Waals surface area contributed by atoms with Crippen LogP contribution in [0.1, 0.15) is 17.8 Å². The molecule has 56 valence electrons. The standard InChI is InChI=1S/C6H9BrN2S/c1-4(9-8)6-5(7)2-3-10-6/h2-4,9H,8H2,1H3. The third-order valence-corrected chi connectivity index (χ3v) is 3.34. The van der Waals surface area contributed by atoms with E-state index in [-0.39, 0.29) is 6.04 Å². The molecule has 1 unspecified atom stereocenters. The van der Waals surface area contributed by atoms with Gasteiger partial charge in [-0.1, -0.05) is 0 Å². The third kappa shape index (κ3) is 1.58. The largest absolute Gasteiger partial charge is 0.271 e. The van der Waals surface area contributed by atoms with Gasteiger partial charge in [0.2, 0.25) is 0 Å². The molecule has 0 aromatic carbocycles. The van der Waals surface area contributed by atoms with Crippen molar-refractivity contribution in [3.63, 3.8) is 0 Å². The summed E-state index contributed by atoms with van der Waals surface area (Å²) in [5, 5.41) is 2.03. The van der Waals surface area contributed by atoms with E-state index in [4.69, 9.17) is 5.84 Å². The second-order valence-corrected chi connectivity index (χ2v) is 3.82. The summed E-state index contributed by atoms with van der Waals surface area (Å²) in [7, 11) is 0. The first-order valence-electron chi connectivity index (χ1n) is 2.94. The minimum absolute atomic E-state index is 0.231. The lowest BCUT2D eigenvalue weighted by atomic mass is 10.3. The van der Waals surface area contributed by atoms with Gasteiger partial charge in [-0.2, -0.15) is 0 Å². The highest BCUT2D eigenvalue weighted by Gasteiger charge is 2.07. The van der Waals surface area contributed by atoms with Crippen LogP contribution in [0.25, 0.3) is 0 Å². The van der Waals surface area contributed by atoms with E-state index in [2.05, 4.69) is 21.4 Å². The number of nitrogens with two attached hydrogens (primary N) is 1. The van der Waals surface area contributed by atoms with Gasteiger partial charge in [0.05, 0.1) is 6.04 Å². The van der Waals surface area contributed by atoms with Gasteiger partial charge in [0.1, 0.15) is 0 Å². The average Bonchev–Trinajstić information content (AvgIpc) is 2.34. The Hall–Kier alpha value is 0.100. The molecule has 0 fully saturated rings. The topological polar surface area (TPSA) is 38.0 Å². The fourth-order valence-corrected chi connectivity index (χ4v) is 2.42. The fourth-order valence-electron chi connectivity index (χ4n) is 0.690. The van der Waals surface area contributed by atoms with Crippen LogP contribution in [0.3, 0.4) is 0 Å². The molecule has 0 aliphatic carbocycles. The number of rotatable bonds is 2. The lowest BCUT2D eigenvalue weighted by molar-refractivity contribution is 0.610. The molecule has 0 saturated heterocycles. The number of nitrogens with one attached hydrogen (secondary N) is 1. The third-order valence-electron chi connectivity index (χ3n) is 1.29. The second kappa shape index (κ2) is 3.48. The van der Waals surface area contributed by atoms with Crippen molar-refractivity contribution in [1.29, 1.82) is 0 Å². The number of halogens is 1. The van der Waals surface area contributed by atoms with Crippen LogP contribution in [-0.4, -0.2) is 0 Å². The highest BCUT2D eigenvalue weighted by Crippen LogP contribution is 2.27. The van der Waals surface area contributed by atoms with Crippen molar-refractivity contribution in [3.05, 3.63) is 20.8 Å². The van der Waals surface area contributed by atoms with E-state index in [0.29, 0.717) is 0 Å². The maximum Gasteiger partial charge on any atom is 0.0536 e. The Morgan fingerprint density at radius 1 is 1.80 bits per heavy atom. The Bertz CT molecular complexity index is 211. The zero-order valence-corrected chi connectivity index (χ0v) is 8.00. The molecule has 0 saturated carbocycles. The Morgan fingerprint density at radius 3 is 2.90 bits per heavy atom. The van der Waals surface area contributed by atoms with Crippen molar-refractivity contribution in [2.75, 3.05) is 0 Å². The minimum atomic E-state index is 0.231. The Morgan fingerprint density at radius 2 is 2.50 bits per heavy atom. The number of hydrazine groups is 1. The molecule has 1 aromatic rings. The van der Waals surface area contributed by atoms with Crippen LogP contribution in [0.5, 0.6) is 0 Å². The smallest absolute Gasteiger partial charge is 0.0536 e. The van der Waals surface area contributed by atoms with Crippen molar-refractivity contribution < 1.29 is 0 Å². The summed E-state index contributed by atoms with van der Waals surface area (Å²) < 4.78 is 1.13. The zero-order chi connectivity index (χ0) is 7.56. The predicted molar refractivity (Wildman–Crippen MR) is 47.8 cm³/mol. The van der Waals surface area contributed by atoms with E-state index in [9.17, 15) is 0 Å². The number of hydrogen-bond acceptors (Lipinski definition) is 3. The van der Waals surface area contributed by atoms with Gasteiger partial charge in [-0.25, -0.2) is 0 Å². The molecule has 4 heteroatoms. The summed E-state index contributed by atoms with van der Waals surface area (Å²) in [5.74, 6) is 5.27. The summed E-state index contributed by atoms with van der Waals surface area (Å²) in [6.45, 7) is 2.02. The van der Waals surface area contributed by atoms with Crippen LogP contribution in [-0.2, 0) is 0 Å². The van der Waals surface area contributed by atoms with Crippen molar-refractivity contribution in [3.8, 4) is 0 Å². The zero-order valence-electron chi connectivity index (χ0n) is 5.60. The molecule has 10 heavy (non-hydrogen) atoms. The first kappa shape index (κ1) is 8.20. The maximum absolute atomic E-state index is 5.27. The van der Waals surface area contributed by atoms with E-state index < -0.39 is 0 Å². The lowest BCUT2D eigenvalue weighted by Crippen LogP contribution is -2.25. The molecule has 0 bridgehead atoms. The van der Waals surface area contributed by atoms with Crippen LogP contribution in [0.4, 0.5) is 0 Å². The summed E-state index contributed by atoms with van der Waals surface area (Å²) in [6, 6.07) is 2.25. The Kier molecular flexibility index (Phi) is 2.85. The predicted octanol–water partition coefficient (Wildman–Crippen LogP) is 2.03. The second-order valence-electron chi connectivity index (χ2n) is 2.02. The SMILES string of the molecule is CC(NN)c1sccc1Br. The summed E-state index contributed by atoms with van der Waals surface area (Å²) in [4.78, 5) is 1.24. The van der Waals surface area contributed by atoms with Crippen LogP contribution in [0, 0.1) is 0 Å². The molecule has 0 aliphatic rings. The molecule has 3 N–H and O–H groups in total. The summed E-state index contributed by atoms with van der Waals surface area (Å²) in [6.07, 6.45) is 0. The first-order chi connectivity index (χ1) is 4.75. The van der Waals surface area contributed by atoms with Gasteiger partial charge < -0.3 is 0 Å². The highest BCUT2D eigenvalue weighted by molar-refractivity contribution is 9.10. The van der Waals surface area contributed by atoms with Crippen LogP contribution in [0.15, 0.2) is 15.9 Å². The molecule has 0 amide bonds. The quantitative estimate of drug-likeness (QED) is 0.592. The fraction of sp³-hybridized carbons (Fsp3) is 0.333. The molecule has 2 nitrogen and oxygen atoms in total. The average molecular weight is 221 g/mol. The number of thiophene rings is 1. The molecule has 1 atom stereocenters. The van der Waals surface area contributed by atoms with Gasteiger partial charge >= 0.3 is 0 Å². The molecule has 1 rings (SSSR count). The van der Waals surface area contributed by atoms with E-state index >= 15 is 0 Å². The molecule has 0 spiro atoms. The van der Waals surface area contributed by atoms with Gasteiger partial charge in [-0.3, -0.25) is 11.3 Å². The van der Waals surface area contributed by atoms with E-state index in [1.807, 2.05) is 18.4 Å². The monoisotopic (exact) mass is 220 g/mol. The highest BCUT2D eigenvalue weighted by atomic mass is 79.9. The molecular formula is C6H9BrN2S. The molecule has 1 aromatic heterocycles. The summed E-state index contributed by atoms with van der Waals surface area (Å²) >= 11 is 5.12. The van der Waals surface area contributed by atoms with E-state index in [1.165, 1.54) is 4.88 Å². The molecule has 0 aliphatic heterocycles. The van der Waals surface area contributed by atoms with E-state index in [0.717, 1.165) is 4.47 Å². The normalized spacial score (nSPS) is 13.5. The van der Waals surface area contributed by atoms with E-state index in [1.54, 1.807) is 11.3 Å². The summed E-state index contributed by atoms with van der Waals surface area (Å²) in [5.41, 5.74) is 2.69. The van der Waals surface area contributed by atoms with Gasteiger partial charge in [-0.05, 0) is 34.3 Å². The van der Waals surface area contributed by atoms with Crippen LogP contribution < -0.4 is 11.3 Å². The van der Waals surface area contributed by atoms with Crippen molar-refractivity contribution >= 4 is 27.3 Å². The minimum Gasteiger partial charge on any atom is -0.271 e. The van der Waals surface area contributed by atoms with Crippen LogP contribution >= 0.6 is 27.3 Å². The maximum atomic E-state index is 5.27. The molecule has 0 radical (unpaired) electrons. The van der Waals surface area contributed by atoms with Gasteiger partial charge in [-0.15, -0.1) is 11.3 Å². The Balaban J connectivity index is 2.82. The lowest BCUT2D eigenvalue weighted by Gasteiger charge is -2.06. The van der Waals surface area contributed by atoms with Crippen molar-refractivity contribution in [2.24, 2.45) is 5.84 Å². The Labute approximate surface area is 72.5 Å². The van der Waals surface area contributed by atoms with Crippen molar-refractivity contribution in [2.45, 2.75) is 13.0 Å². The van der Waals surface area contributed by atoms with Gasteiger partial charge in [0.25, 0.3) is 0 Å². The molecular weight excluding hydrogens is 212 g/mol.